The zero-order valence-corrected chi connectivity index (χ0v) is 14.6. The minimum Gasteiger partial charge on any atom is -0.497 e. The standard InChI is InChI=1S/C20H23NO4/c1-3-4-5-15-6-10-17(11-7-15)21-19(22)14-25-20(23)16-8-12-18(24-2)13-9-16/h6-13H,3-5,14H2,1-2H3,(H,21,22). The van der Waals surface area contributed by atoms with Crippen molar-refractivity contribution in [2.45, 2.75) is 26.2 Å². The van der Waals surface area contributed by atoms with E-state index in [9.17, 15) is 9.59 Å². The van der Waals surface area contributed by atoms with E-state index in [4.69, 9.17) is 9.47 Å². The molecule has 2 aromatic rings. The lowest BCUT2D eigenvalue weighted by atomic mass is 10.1. The number of benzene rings is 2. The maximum absolute atomic E-state index is 11.9. The predicted molar refractivity (Wildman–Crippen MR) is 97.0 cm³/mol. The van der Waals surface area contributed by atoms with Crippen LogP contribution >= 0.6 is 0 Å². The molecule has 0 aromatic heterocycles. The van der Waals surface area contributed by atoms with Gasteiger partial charge >= 0.3 is 5.97 Å². The molecule has 0 bridgehead atoms. The number of esters is 1. The first-order chi connectivity index (χ1) is 12.1. The molecule has 0 fully saturated rings. The molecule has 0 atom stereocenters. The minimum atomic E-state index is -0.548. The summed E-state index contributed by atoms with van der Waals surface area (Å²) < 4.78 is 10.0. The number of amides is 1. The Morgan fingerprint density at radius 1 is 1.00 bits per heavy atom. The molecule has 0 aliphatic heterocycles. The summed E-state index contributed by atoms with van der Waals surface area (Å²) in [6.45, 7) is 1.82. The second kappa shape index (κ2) is 9.47. The van der Waals surface area contributed by atoms with E-state index in [1.807, 2.05) is 24.3 Å². The molecule has 132 valence electrons. The lowest BCUT2D eigenvalue weighted by Crippen LogP contribution is -2.20. The molecule has 0 unspecified atom stereocenters. The maximum atomic E-state index is 11.9. The molecular weight excluding hydrogens is 318 g/mol. The number of unbranched alkanes of at least 4 members (excludes halogenated alkanes) is 1. The van der Waals surface area contributed by atoms with Gasteiger partial charge in [0.2, 0.25) is 0 Å². The third-order valence-electron chi connectivity index (χ3n) is 3.72. The molecule has 1 N–H and O–H groups in total. The van der Waals surface area contributed by atoms with Gasteiger partial charge in [-0.2, -0.15) is 0 Å². The molecule has 25 heavy (non-hydrogen) atoms. The molecule has 0 saturated heterocycles. The van der Waals surface area contributed by atoms with Crippen LogP contribution < -0.4 is 10.1 Å². The summed E-state index contributed by atoms with van der Waals surface area (Å²) >= 11 is 0. The van der Waals surface area contributed by atoms with Gasteiger partial charge in [0.05, 0.1) is 12.7 Å². The average molecular weight is 341 g/mol. The number of ether oxygens (including phenoxy) is 2. The summed E-state index contributed by atoms with van der Waals surface area (Å²) in [5, 5.41) is 2.71. The van der Waals surface area contributed by atoms with Crippen molar-refractivity contribution in [1.82, 2.24) is 0 Å². The molecule has 5 heteroatoms. The van der Waals surface area contributed by atoms with Crippen molar-refractivity contribution in [3.8, 4) is 5.75 Å². The highest BCUT2D eigenvalue weighted by molar-refractivity contribution is 5.95. The first-order valence-corrected chi connectivity index (χ1v) is 8.32. The summed E-state index contributed by atoms with van der Waals surface area (Å²) in [5.74, 6) is -0.271. The topological polar surface area (TPSA) is 64.6 Å². The van der Waals surface area contributed by atoms with Crippen LogP contribution in [0.4, 0.5) is 5.69 Å². The Morgan fingerprint density at radius 3 is 2.28 bits per heavy atom. The van der Waals surface area contributed by atoms with Gasteiger partial charge in [0.25, 0.3) is 5.91 Å². The summed E-state index contributed by atoms with van der Waals surface area (Å²) in [5.41, 5.74) is 2.30. The third-order valence-corrected chi connectivity index (χ3v) is 3.72. The molecule has 1 amide bonds. The van der Waals surface area contributed by atoms with Crippen molar-refractivity contribution in [3.05, 3.63) is 59.7 Å². The molecule has 2 aromatic carbocycles. The van der Waals surface area contributed by atoms with Crippen molar-refractivity contribution < 1.29 is 19.1 Å². The van der Waals surface area contributed by atoms with Crippen molar-refractivity contribution in [1.29, 1.82) is 0 Å². The Morgan fingerprint density at radius 2 is 1.68 bits per heavy atom. The van der Waals surface area contributed by atoms with Crippen molar-refractivity contribution in [2.24, 2.45) is 0 Å². The van der Waals surface area contributed by atoms with E-state index in [2.05, 4.69) is 12.2 Å². The van der Waals surface area contributed by atoms with Gasteiger partial charge in [-0.15, -0.1) is 0 Å². The SMILES string of the molecule is CCCCc1ccc(NC(=O)COC(=O)c2ccc(OC)cc2)cc1. The Labute approximate surface area is 148 Å². The van der Waals surface area contributed by atoms with Gasteiger partial charge in [0.1, 0.15) is 5.75 Å². The van der Waals surface area contributed by atoms with Crippen LogP contribution in [0, 0.1) is 0 Å². The summed E-state index contributed by atoms with van der Waals surface area (Å²) in [6, 6.07) is 14.2. The van der Waals surface area contributed by atoms with Gasteiger partial charge in [0, 0.05) is 5.69 Å². The van der Waals surface area contributed by atoms with E-state index < -0.39 is 5.97 Å². The smallest absolute Gasteiger partial charge is 0.338 e. The fourth-order valence-corrected chi connectivity index (χ4v) is 2.27. The van der Waals surface area contributed by atoms with Gasteiger partial charge in [0.15, 0.2) is 6.61 Å². The number of carbonyl (C=O) groups is 2. The van der Waals surface area contributed by atoms with E-state index in [1.54, 1.807) is 31.4 Å². The number of methoxy groups -OCH3 is 1. The number of aryl methyl sites for hydroxylation is 1. The summed E-state index contributed by atoms with van der Waals surface area (Å²) in [7, 11) is 1.55. The number of hydrogen-bond donors (Lipinski definition) is 1. The molecule has 0 heterocycles. The highest BCUT2D eigenvalue weighted by Crippen LogP contribution is 2.13. The Bertz CT molecular complexity index is 693. The molecular formula is C20H23NO4. The van der Waals surface area contributed by atoms with Crippen LogP contribution in [0.25, 0.3) is 0 Å². The third kappa shape index (κ3) is 5.95. The van der Waals surface area contributed by atoms with Crippen LogP contribution in [0.2, 0.25) is 0 Å². The quantitative estimate of drug-likeness (QED) is 0.741. The van der Waals surface area contributed by atoms with Crippen LogP contribution in [0.5, 0.6) is 5.75 Å². The second-order valence-electron chi connectivity index (χ2n) is 5.65. The van der Waals surface area contributed by atoms with E-state index in [-0.39, 0.29) is 12.5 Å². The summed E-state index contributed by atoms with van der Waals surface area (Å²) in [4.78, 5) is 23.8. The predicted octanol–water partition coefficient (Wildman–Crippen LogP) is 3.83. The van der Waals surface area contributed by atoms with E-state index in [0.717, 1.165) is 19.3 Å². The van der Waals surface area contributed by atoms with Crippen LogP contribution in [0.3, 0.4) is 0 Å². The number of rotatable bonds is 8. The van der Waals surface area contributed by atoms with Crippen molar-refractivity contribution in [3.63, 3.8) is 0 Å². The highest BCUT2D eigenvalue weighted by atomic mass is 16.5. The number of carbonyl (C=O) groups excluding carboxylic acids is 2. The van der Waals surface area contributed by atoms with Crippen LogP contribution in [0.1, 0.15) is 35.7 Å². The fourth-order valence-electron chi connectivity index (χ4n) is 2.27. The van der Waals surface area contributed by atoms with Gasteiger partial charge in [-0.25, -0.2) is 4.79 Å². The zero-order valence-electron chi connectivity index (χ0n) is 14.6. The Balaban J connectivity index is 1.80. The Hall–Kier alpha value is -2.82. The molecule has 0 saturated carbocycles. The molecule has 0 aliphatic carbocycles. The van der Waals surface area contributed by atoms with E-state index >= 15 is 0 Å². The monoisotopic (exact) mass is 341 g/mol. The van der Waals surface area contributed by atoms with Gasteiger partial charge < -0.3 is 14.8 Å². The number of nitrogens with one attached hydrogen (secondary N) is 1. The van der Waals surface area contributed by atoms with Crippen LogP contribution in [0.15, 0.2) is 48.5 Å². The van der Waals surface area contributed by atoms with Gasteiger partial charge in [-0.05, 0) is 54.8 Å². The molecule has 0 aliphatic rings. The zero-order chi connectivity index (χ0) is 18.1. The normalized spacial score (nSPS) is 10.2. The Kier molecular flexibility index (Phi) is 7.01. The number of hydrogen-bond acceptors (Lipinski definition) is 4. The minimum absolute atomic E-state index is 0.331. The first-order valence-electron chi connectivity index (χ1n) is 8.32. The average Bonchev–Trinajstić information content (AvgIpc) is 2.65. The number of anilines is 1. The van der Waals surface area contributed by atoms with Crippen molar-refractivity contribution in [2.75, 3.05) is 19.0 Å². The molecule has 0 radical (unpaired) electrons. The van der Waals surface area contributed by atoms with Crippen LogP contribution in [-0.2, 0) is 16.0 Å². The molecule has 2 rings (SSSR count). The van der Waals surface area contributed by atoms with Crippen LogP contribution in [-0.4, -0.2) is 25.6 Å². The fraction of sp³-hybridized carbons (Fsp3) is 0.300. The first kappa shape index (κ1) is 18.5. The highest BCUT2D eigenvalue weighted by Gasteiger charge is 2.10. The molecule has 5 nitrogen and oxygen atoms in total. The lowest BCUT2D eigenvalue weighted by Gasteiger charge is -2.08. The lowest BCUT2D eigenvalue weighted by molar-refractivity contribution is -0.119. The largest absolute Gasteiger partial charge is 0.497 e. The van der Waals surface area contributed by atoms with Gasteiger partial charge in [-0.3, -0.25) is 4.79 Å². The van der Waals surface area contributed by atoms with E-state index in [1.165, 1.54) is 5.56 Å². The van der Waals surface area contributed by atoms with Gasteiger partial charge in [-0.1, -0.05) is 25.5 Å². The second-order valence-corrected chi connectivity index (χ2v) is 5.65. The van der Waals surface area contributed by atoms with E-state index in [0.29, 0.717) is 17.0 Å². The molecule has 0 spiro atoms. The van der Waals surface area contributed by atoms with Crippen molar-refractivity contribution >= 4 is 17.6 Å². The maximum Gasteiger partial charge on any atom is 0.338 e. The summed E-state index contributed by atoms with van der Waals surface area (Å²) in [6.07, 6.45) is 3.33.